The van der Waals surface area contributed by atoms with Gasteiger partial charge in [-0.1, -0.05) is 254 Å². The van der Waals surface area contributed by atoms with Gasteiger partial charge in [0.1, 0.15) is 0 Å². The van der Waals surface area contributed by atoms with Crippen LogP contribution in [0.2, 0.25) is 0 Å². The molecule has 8 rings (SSSR count). The summed E-state index contributed by atoms with van der Waals surface area (Å²) >= 11 is 0. The van der Waals surface area contributed by atoms with Gasteiger partial charge in [0, 0.05) is 33.9 Å². The van der Waals surface area contributed by atoms with Crippen molar-refractivity contribution < 1.29 is 0 Å². The summed E-state index contributed by atoms with van der Waals surface area (Å²) in [5.41, 5.74) is 7.50. The van der Waals surface area contributed by atoms with Crippen LogP contribution in [0.1, 0.15) is 261 Å². The number of rotatable bonds is 11. The lowest BCUT2D eigenvalue weighted by molar-refractivity contribution is -0.0574. The molecule has 0 spiro atoms. The maximum atomic E-state index is 4.56. The Morgan fingerprint density at radius 2 is 0.612 bits per heavy atom. The smallest absolute Gasteiger partial charge is 0.159 e. The molecule has 4 bridgehead atoms. The Kier molecular flexibility index (Phi) is 56.9. The molecule has 4 aliphatic carbocycles. The fraction of sp³-hybridized carbons (Fsp3) is 0.683. The largest absolute Gasteiger partial charge is 0.233 e. The van der Waals surface area contributed by atoms with Gasteiger partial charge in [-0.2, -0.15) is 0 Å². The van der Waals surface area contributed by atoms with Crippen molar-refractivity contribution in [1.29, 1.82) is 0 Å². The molecule has 2 aromatic heterocycles. The fourth-order valence-corrected chi connectivity index (χ4v) is 8.39. The van der Waals surface area contributed by atoms with E-state index >= 15 is 0 Å². The SMILES string of the molecule is C.C.C.C.C.C.CC.CC.CCCC.CCCC.CCCC.CCCC12CC3CC(CC(C3)C1)C2.CCc1cc(CC)nc(-c2ccccc2)n1.CCc1cc(CC)nc(-c2ccccc2)n1. The quantitative estimate of drug-likeness (QED) is 0.150. The van der Waals surface area contributed by atoms with Crippen molar-refractivity contribution in [2.24, 2.45) is 23.2 Å². The van der Waals surface area contributed by atoms with Gasteiger partial charge in [-0.25, -0.2) is 19.9 Å². The van der Waals surface area contributed by atoms with E-state index in [1.165, 1.54) is 51.4 Å². The molecule has 4 nitrogen and oxygen atoms in total. The molecule has 67 heavy (non-hydrogen) atoms. The monoisotopic (exact) mass is 933 g/mol. The van der Waals surface area contributed by atoms with Crippen LogP contribution in [0.3, 0.4) is 0 Å². The van der Waals surface area contributed by atoms with Gasteiger partial charge >= 0.3 is 0 Å². The molecule has 0 atom stereocenters. The summed E-state index contributed by atoms with van der Waals surface area (Å²) in [4.78, 5) is 18.2. The number of nitrogens with zero attached hydrogens (tertiary/aromatic N) is 4. The first-order valence-corrected chi connectivity index (χ1v) is 25.5. The first kappa shape index (κ1) is 77.8. The zero-order chi connectivity index (χ0) is 45.9. The summed E-state index contributed by atoms with van der Waals surface area (Å²) in [5.74, 6) is 5.14. The zero-order valence-corrected chi connectivity index (χ0v) is 42.7. The maximum Gasteiger partial charge on any atom is 0.159 e. The Balaban J connectivity index is -0.000000134. The predicted molar refractivity (Wildman–Crippen MR) is 313 cm³/mol. The van der Waals surface area contributed by atoms with Crippen molar-refractivity contribution in [1.82, 2.24) is 19.9 Å². The van der Waals surface area contributed by atoms with E-state index in [0.717, 1.165) is 94.4 Å². The third-order valence-corrected chi connectivity index (χ3v) is 11.6. The number of unbranched alkanes of at least 4 members (excludes halogenated alkanes) is 3. The Hall–Kier alpha value is -3.40. The third kappa shape index (κ3) is 30.7. The van der Waals surface area contributed by atoms with E-state index in [9.17, 15) is 0 Å². The lowest BCUT2D eigenvalue weighted by Crippen LogP contribution is -2.45. The highest BCUT2D eigenvalue weighted by molar-refractivity contribution is 5.55. The van der Waals surface area contributed by atoms with E-state index < -0.39 is 0 Å². The number of hydrogen-bond acceptors (Lipinski definition) is 4. The Labute approximate surface area is 423 Å². The average molecular weight is 934 g/mol. The molecule has 4 aromatic rings. The molecular weight excluding hydrogens is 813 g/mol. The molecule has 0 radical (unpaired) electrons. The van der Waals surface area contributed by atoms with Crippen LogP contribution in [0.25, 0.3) is 22.8 Å². The van der Waals surface area contributed by atoms with Crippen LogP contribution in [-0.4, -0.2) is 19.9 Å². The van der Waals surface area contributed by atoms with Gasteiger partial charge < -0.3 is 0 Å². The van der Waals surface area contributed by atoms with Gasteiger partial charge in [-0.3, -0.25) is 0 Å². The second-order valence-electron chi connectivity index (χ2n) is 16.7. The first-order valence-electron chi connectivity index (χ1n) is 25.5. The van der Waals surface area contributed by atoms with Gasteiger partial charge in [0.25, 0.3) is 0 Å². The van der Waals surface area contributed by atoms with Crippen LogP contribution in [0.15, 0.2) is 72.8 Å². The second kappa shape index (κ2) is 49.0. The Bertz CT molecular complexity index is 1400. The first-order chi connectivity index (χ1) is 29.7. The molecule has 4 saturated carbocycles. The molecule has 2 aromatic carbocycles. The van der Waals surface area contributed by atoms with Crippen LogP contribution in [0.5, 0.6) is 0 Å². The van der Waals surface area contributed by atoms with E-state index in [2.05, 4.69) is 108 Å². The van der Waals surface area contributed by atoms with Crippen molar-refractivity contribution in [3.05, 3.63) is 95.6 Å². The molecule has 392 valence electrons. The molecule has 0 unspecified atom stereocenters. The van der Waals surface area contributed by atoms with Crippen molar-refractivity contribution >= 4 is 0 Å². The number of benzene rings is 2. The minimum absolute atomic E-state index is 0. The Morgan fingerprint density at radius 1 is 0.373 bits per heavy atom. The van der Waals surface area contributed by atoms with Gasteiger partial charge in [-0.15, -0.1) is 0 Å². The van der Waals surface area contributed by atoms with E-state index in [1.807, 2.05) is 88.4 Å². The molecule has 0 saturated heterocycles. The van der Waals surface area contributed by atoms with Crippen molar-refractivity contribution in [2.75, 3.05) is 0 Å². The van der Waals surface area contributed by atoms with E-state index in [0.29, 0.717) is 0 Å². The third-order valence-electron chi connectivity index (χ3n) is 11.6. The van der Waals surface area contributed by atoms with Crippen molar-refractivity contribution in [3.63, 3.8) is 0 Å². The number of aryl methyl sites for hydroxylation is 4. The second-order valence-corrected chi connectivity index (χ2v) is 16.7. The standard InChI is InChI=1S/2C14H16N2.C13H22.3C4H10.2C2H6.6CH4/c2*1-3-12-10-13(4-2)16-14(15-12)11-8-6-5-7-9-11;1-2-3-13-7-10-4-11(8-13)6-12(5-10)9-13;3*1-3-4-2;2*1-2;;;;;;/h2*5-10H,3-4H2,1-2H3;10-12H,2-9H2,1H3;3*3-4H2,1-2H3;2*1-2H3;6*1H4. The van der Waals surface area contributed by atoms with Gasteiger partial charge in [-0.05, 0) is 106 Å². The topological polar surface area (TPSA) is 51.6 Å². The fourth-order valence-electron chi connectivity index (χ4n) is 8.39. The molecule has 4 aliphatic rings. The van der Waals surface area contributed by atoms with E-state index in [1.54, 1.807) is 38.5 Å². The van der Waals surface area contributed by atoms with Crippen LogP contribution in [0.4, 0.5) is 0 Å². The average Bonchev–Trinajstić information content (AvgIpc) is 3.33. The predicted octanol–water partition coefficient (Wildman–Crippen LogP) is 21.8. The summed E-state index contributed by atoms with van der Waals surface area (Å²) in [7, 11) is 0. The van der Waals surface area contributed by atoms with Crippen LogP contribution < -0.4 is 0 Å². The summed E-state index contributed by atoms with van der Waals surface area (Å²) in [5, 5.41) is 0. The summed E-state index contributed by atoms with van der Waals surface area (Å²) in [6.07, 6.45) is 24.3. The van der Waals surface area contributed by atoms with Gasteiger partial charge in [0.15, 0.2) is 11.6 Å². The van der Waals surface area contributed by atoms with Crippen LogP contribution >= 0.6 is 0 Å². The molecule has 4 heteroatoms. The highest BCUT2D eigenvalue weighted by atomic mass is 14.9. The molecule has 0 N–H and O–H groups in total. The van der Waals surface area contributed by atoms with Gasteiger partial charge in [0.05, 0.1) is 0 Å². The normalized spacial score (nSPS) is 16.7. The molecule has 0 amide bonds. The lowest BCUT2D eigenvalue weighted by Gasteiger charge is -2.57. The maximum absolute atomic E-state index is 4.56. The van der Waals surface area contributed by atoms with Crippen LogP contribution in [0, 0.1) is 23.2 Å². The zero-order valence-electron chi connectivity index (χ0n) is 42.7. The number of aromatic nitrogens is 4. The summed E-state index contributed by atoms with van der Waals surface area (Å²) in [6, 6.07) is 24.5. The molecule has 4 fully saturated rings. The minimum atomic E-state index is 0. The van der Waals surface area contributed by atoms with Gasteiger partial charge in [0.2, 0.25) is 0 Å². The van der Waals surface area contributed by atoms with Crippen molar-refractivity contribution in [3.8, 4) is 22.8 Å². The molecule has 2 heterocycles. The summed E-state index contributed by atoms with van der Waals surface area (Å²) < 4.78 is 0. The molecule has 0 aliphatic heterocycles. The number of hydrogen-bond donors (Lipinski definition) is 0. The lowest BCUT2D eigenvalue weighted by atomic mass is 9.49. The molecular formula is C63H120N4. The highest BCUT2D eigenvalue weighted by Crippen LogP contribution is 2.61. The van der Waals surface area contributed by atoms with Crippen LogP contribution in [-0.2, 0) is 25.7 Å². The van der Waals surface area contributed by atoms with E-state index in [-0.39, 0.29) is 44.6 Å². The summed E-state index contributed by atoms with van der Waals surface area (Å²) in [6.45, 7) is 31.9. The minimum Gasteiger partial charge on any atom is -0.233 e. The highest BCUT2D eigenvalue weighted by Gasteiger charge is 2.50. The van der Waals surface area contributed by atoms with Crippen molar-refractivity contribution in [2.45, 2.75) is 264 Å². The van der Waals surface area contributed by atoms with E-state index in [4.69, 9.17) is 0 Å². The Morgan fingerprint density at radius 3 is 0.806 bits per heavy atom.